The van der Waals surface area contributed by atoms with E-state index in [2.05, 4.69) is 15.3 Å². The summed E-state index contributed by atoms with van der Waals surface area (Å²) in [6.07, 6.45) is 0. The van der Waals surface area contributed by atoms with Crippen molar-refractivity contribution in [2.75, 3.05) is 18.2 Å². The summed E-state index contributed by atoms with van der Waals surface area (Å²) in [6.45, 7) is 3.69. The molecule has 6 nitrogen and oxygen atoms in total. The van der Waals surface area contributed by atoms with Crippen molar-refractivity contribution in [3.63, 3.8) is 0 Å². The fourth-order valence-electron chi connectivity index (χ4n) is 2.33. The first-order chi connectivity index (χ1) is 11.0. The molecule has 118 valence electrons. The molecule has 0 radical (unpaired) electrons. The lowest BCUT2D eigenvalue weighted by atomic mass is 10.2. The molecule has 3 rings (SSSR count). The zero-order chi connectivity index (χ0) is 16.6. The van der Waals surface area contributed by atoms with Crippen LogP contribution in [0.2, 0.25) is 0 Å². The van der Waals surface area contributed by atoms with Crippen LogP contribution in [0.1, 0.15) is 21.1 Å². The van der Waals surface area contributed by atoms with E-state index < -0.39 is 0 Å². The number of benzene rings is 1. The van der Waals surface area contributed by atoms with Gasteiger partial charge in [0.2, 0.25) is 0 Å². The van der Waals surface area contributed by atoms with Crippen LogP contribution >= 0.6 is 11.3 Å². The number of rotatable bonds is 3. The van der Waals surface area contributed by atoms with Crippen molar-refractivity contribution in [1.82, 2.24) is 9.97 Å². The summed E-state index contributed by atoms with van der Waals surface area (Å²) in [5.41, 5.74) is 8.08. The van der Waals surface area contributed by atoms with Crippen molar-refractivity contribution < 1.29 is 9.53 Å². The molecule has 0 atom stereocenters. The standard InChI is InChI=1S/C16H16N4O2S/c1-8-12-14(20-11-6-4-10(17)5-7-11)18-9(2)19-15(12)23-13(8)16(21)22-3/h4-7H,17H2,1-3H3,(H,18,19,20). The zero-order valence-corrected chi connectivity index (χ0v) is 13.8. The number of fused-ring (bicyclic) bond motifs is 1. The molecule has 0 fully saturated rings. The smallest absolute Gasteiger partial charge is 0.348 e. The molecule has 2 aromatic heterocycles. The lowest BCUT2D eigenvalue weighted by molar-refractivity contribution is 0.0605. The number of hydrogen-bond donors (Lipinski definition) is 2. The number of hydrogen-bond acceptors (Lipinski definition) is 7. The van der Waals surface area contributed by atoms with Crippen LogP contribution in [0, 0.1) is 13.8 Å². The highest BCUT2D eigenvalue weighted by molar-refractivity contribution is 7.20. The Hall–Kier alpha value is -2.67. The third kappa shape index (κ3) is 2.83. The van der Waals surface area contributed by atoms with Gasteiger partial charge in [-0.3, -0.25) is 0 Å². The van der Waals surface area contributed by atoms with Crippen LogP contribution in [0.5, 0.6) is 0 Å². The Morgan fingerprint density at radius 2 is 1.91 bits per heavy atom. The van der Waals surface area contributed by atoms with Crippen LogP contribution in [-0.2, 0) is 4.74 Å². The van der Waals surface area contributed by atoms with E-state index in [9.17, 15) is 4.79 Å². The summed E-state index contributed by atoms with van der Waals surface area (Å²) in [5, 5.41) is 4.11. The second-order valence-corrected chi connectivity index (χ2v) is 6.09. The molecule has 7 heteroatoms. The van der Waals surface area contributed by atoms with E-state index in [1.807, 2.05) is 38.1 Å². The van der Waals surface area contributed by atoms with Gasteiger partial charge in [-0.15, -0.1) is 11.3 Å². The highest BCUT2D eigenvalue weighted by Gasteiger charge is 2.20. The molecular formula is C16H16N4O2S. The number of nitrogen functional groups attached to an aromatic ring is 1. The number of methoxy groups -OCH3 is 1. The normalized spacial score (nSPS) is 10.7. The Bertz CT molecular complexity index is 887. The van der Waals surface area contributed by atoms with Crippen molar-refractivity contribution in [3.8, 4) is 0 Å². The molecule has 23 heavy (non-hydrogen) atoms. The zero-order valence-electron chi connectivity index (χ0n) is 13.0. The van der Waals surface area contributed by atoms with Gasteiger partial charge in [0.05, 0.1) is 12.5 Å². The van der Waals surface area contributed by atoms with Gasteiger partial charge in [-0.25, -0.2) is 14.8 Å². The number of nitrogens with one attached hydrogen (secondary N) is 1. The molecule has 1 aromatic carbocycles. The molecule has 2 heterocycles. The van der Waals surface area contributed by atoms with E-state index in [0.717, 1.165) is 21.5 Å². The van der Waals surface area contributed by atoms with Gasteiger partial charge in [0.15, 0.2) is 0 Å². The van der Waals surface area contributed by atoms with Gasteiger partial charge in [-0.1, -0.05) is 0 Å². The Morgan fingerprint density at radius 3 is 2.57 bits per heavy atom. The fourth-order valence-corrected chi connectivity index (χ4v) is 3.47. The molecule has 0 saturated heterocycles. The average Bonchev–Trinajstić information content (AvgIpc) is 2.85. The number of carbonyl (C=O) groups excluding carboxylic acids is 1. The van der Waals surface area contributed by atoms with Gasteiger partial charge in [0.25, 0.3) is 0 Å². The second-order valence-electron chi connectivity index (χ2n) is 5.09. The number of aromatic nitrogens is 2. The van der Waals surface area contributed by atoms with Crippen molar-refractivity contribution in [1.29, 1.82) is 0 Å². The van der Waals surface area contributed by atoms with Crippen LogP contribution < -0.4 is 11.1 Å². The van der Waals surface area contributed by atoms with Crippen molar-refractivity contribution in [3.05, 3.63) is 40.5 Å². The minimum absolute atomic E-state index is 0.360. The third-order valence-electron chi connectivity index (χ3n) is 3.45. The van der Waals surface area contributed by atoms with Crippen LogP contribution in [0.3, 0.4) is 0 Å². The molecule has 3 N–H and O–H groups in total. The lowest BCUT2D eigenvalue weighted by Gasteiger charge is -2.09. The average molecular weight is 328 g/mol. The quantitative estimate of drug-likeness (QED) is 0.565. The van der Waals surface area contributed by atoms with Gasteiger partial charge in [0, 0.05) is 11.4 Å². The molecule has 3 aromatic rings. The molecule has 0 aliphatic rings. The highest BCUT2D eigenvalue weighted by atomic mass is 32.1. The van der Waals surface area contributed by atoms with Crippen molar-refractivity contribution in [2.45, 2.75) is 13.8 Å². The number of anilines is 3. The minimum Gasteiger partial charge on any atom is -0.465 e. The van der Waals surface area contributed by atoms with Gasteiger partial charge in [-0.05, 0) is 43.7 Å². The molecule has 0 unspecified atom stereocenters. The van der Waals surface area contributed by atoms with Crippen molar-refractivity contribution in [2.24, 2.45) is 0 Å². The monoisotopic (exact) mass is 328 g/mol. The maximum absolute atomic E-state index is 11.9. The molecule has 0 aliphatic carbocycles. The highest BCUT2D eigenvalue weighted by Crippen LogP contribution is 2.35. The minimum atomic E-state index is -0.360. The number of nitrogens with two attached hydrogens (primary N) is 1. The number of aryl methyl sites for hydroxylation is 2. The first-order valence-electron chi connectivity index (χ1n) is 6.98. The topological polar surface area (TPSA) is 90.1 Å². The molecule has 0 spiro atoms. The second kappa shape index (κ2) is 5.85. The lowest BCUT2D eigenvalue weighted by Crippen LogP contribution is -2.01. The number of nitrogens with zero attached hydrogens (tertiary/aromatic N) is 2. The van der Waals surface area contributed by atoms with E-state index in [1.165, 1.54) is 18.4 Å². The van der Waals surface area contributed by atoms with Crippen LogP contribution in [0.25, 0.3) is 10.2 Å². The van der Waals surface area contributed by atoms with Gasteiger partial charge < -0.3 is 15.8 Å². The summed E-state index contributed by atoms with van der Waals surface area (Å²) in [5.74, 6) is 0.941. The number of esters is 1. The molecule has 0 bridgehead atoms. The molecule has 0 saturated carbocycles. The predicted octanol–water partition coefficient (Wildman–Crippen LogP) is 3.42. The third-order valence-corrected chi connectivity index (χ3v) is 4.61. The number of carbonyl (C=O) groups is 1. The number of thiophene rings is 1. The molecular weight excluding hydrogens is 312 g/mol. The summed E-state index contributed by atoms with van der Waals surface area (Å²) >= 11 is 1.31. The summed E-state index contributed by atoms with van der Waals surface area (Å²) < 4.78 is 4.84. The summed E-state index contributed by atoms with van der Waals surface area (Å²) in [6, 6.07) is 7.38. The molecule has 0 amide bonds. The van der Waals surface area contributed by atoms with Crippen molar-refractivity contribution >= 4 is 44.7 Å². The van der Waals surface area contributed by atoms with Crippen LogP contribution in [0.4, 0.5) is 17.2 Å². The van der Waals surface area contributed by atoms with Gasteiger partial charge >= 0.3 is 5.97 Å². The van der Waals surface area contributed by atoms with E-state index >= 15 is 0 Å². The van der Waals surface area contributed by atoms with E-state index in [0.29, 0.717) is 22.2 Å². The van der Waals surface area contributed by atoms with Gasteiger partial charge in [0.1, 0.15) is 21.3 Å². The predicted molar refractivity (Wildman–Crippen MR) is 92.4 cm³/mol. The Balaban J connectivity index is 2.13. The maximum Gasteiger partial charge on any atom is 0.348 e. The Morgan fingerprint density at radius 1 is 1.22 bits per heavy atom. The Labute approximate surface area is 137 Å². The summed E-state index contributed by atoms with van der Waals surface area (Å²) in [7, 11) is 1.37. The van der Waals surface area contributed by atoms with E-state index in [1.54, 1.807) is 0 Å². The van der Waals surface area contributed by atoms with E-state index in [4.69, 9.17) is 10.5 Å². The van der Waals surface area contributed by atoms with Crippen LogP contribution in [-0.4, -0.2) is 23.0 Å². The van der Waals surface area contributed by atoms with E-state index in [-0.39, 0.29) is 5.97 Å². The first kappa shape index (κ1) is 15.2. The summed E-state index contributed by atoms with van der Waals surface area (Å²) in [4.78, 5) is 22.1. The number of ether oxygens (including phenoxy) is 1. The first-order valence-corrected chi connectivity index (χ1v) is 7.80. The SMILES string of the molecule is COC(=O)c1sc2nc(C)nc(Nc3ccc(N)cc3)c2c1C. The largest absolute Gasteiger partial charge is 0.465 e. The maximum atomic E-state index is 11.9. The van der Waals surface area contributed by atoms with Crippen LogP contribution in [0.15, 0.2) is 24.3 Å². The fraction of sp³-hybridized carbons (Fsp3) is 0.188. The molecule has 0 aliphatic heterocycles. The van der Waals surface area contributed by atoms with Gasteiger partial charge in [-0.2, -0.15) is 0 Å². The Kier molecular flexibility index (Phi) is 3.87.